The maximum Gasteiger partial charge on any atom is 0.460 e. The van der Waals surface area contributed by atoms with Crippen LogP contribution in [0.2, 0.25) is 0 Å². The molecular weight excluding hydrogens is 498 g/mol. The minimum Gasteiger partial charge on any atom is -0.274 e. The molecule has 0 atom stereocenters. The first-order valence-electron chi connectivity index (χ1n) is 7.44. The number of nitrogens with zero attached hydrogens (tertiary/aromatic N) is 1. The van der Waals surface area contributed by atoms with E-state index in [9.17, 15) is 40.3 Å². The molecule has 0 spiro atoms. The summed E-state index contributed by atoms with van der Waals surface area (Å²) >= 11 is 1.22. The molecule has 1 aromatic carbocycles. The lowest BCUT2D eigenvalue weighted by Gasteiger charge is -2.26. The van der Waals surface area contributed by atoms with Crippen molar-refractivity contribution in [1.82, 2.24) is 4.90 Å². The van der Waals surface area contributed by atoms with E-state index in [-0.39, 0.29) is 30.5 Å². The van der Waals surface area contributed by atoms with Crippen LogP contribution < -0.4 is 0 Å². The second-order valence-corrected chi connectivity index (χ2v) is 7.08. The fraction of sp³-hybridized carbons (Fsp3) is 0.375. The van der Waals surface area contributed by atoms with Gasteiger partial charge in [0.2, 0.25) is 0 Å². The lowest BCUT2D eigenvalue weighted by Crippen LogP contribution is -2.50. The molecule has 148 valence electrons. The zero-order chi connectivity index (χ0) is 20.6. The third kappa shape index (κ3) is 4.11. The minimum atomic E-state index is -6.40. The van der Waals surface area contributed by atoms with Crippen molar-refractivity contribution < 1.29 is 40.3 Å². The number of carbonyl (C=O) groups is 2. The molecule has 27 heavy (non-hydrogen) atoms. The first-order chi connectivity index (χ1) is 12.3. The third-order valence-electron chi connectivity index (χ3n) is 3.79. The SMILES string of the molecule is O=C1c2ccccc2C(=O)N1CCCC(I)=CC(F)(F)C(F)(F)C(F)(F)F. The van der Waals surface area contributed by atoms with Crippen molar-refractivity contribution in [2.75, 3.05) is 6.54 Å². The van der Waals surface area contributed by atoms with Crippen molar-refractivity contribution in [1.29, 1.82) is 0 Å². The molecule has 2 rings (SSSR count). The molecule has 11 heteroatoms. The number of fused-ring (bicyclic) bond motifs is 1. The number of allylic oxidation sites excluding steroid dienone is 2. The number of halogens is 8. The summed E-state index contributed by atoms with van der Waals surface area (Å²) in [6.07, 6.45) is -7.22. The Morgan fingerprint density at radius 3 is 1.89 bits per heavy atom. The lowest BCUT2D eigenvalue weighted by molar-refractivity contribution is -0.341. The molecule has 0 N–H and O–H groups in total. The Balaban J connectivity index is 2.01. The molecule has 0 aliphatic carbocycles. The van der Waals surface area contributed by atoms with Crippen LogP contribution in [-0.2, 0) is 0 Å². The van der Waals surface area contributed by atoms with E-state index < -0.39 is 39.5 Å². The van der Waals surface area contributed by atoms with E-state index in [1.807, 2.05) is 0 Å². The van der Waals surface area contributed by atoms with Gasteiger partial charge in [0.1, 0.15) is 0 Å². The maximum absolute atomic E-state index is 13.3. The van der Waals surface area contributed by atoms with Gasteiger partial charge in [-0.1, -0.05) is 12.1 Å². The Morgan fingerprint density at radius 2 is 1.44 bits per heavy atom. The standard InChI is InChI=1S/C16H11F7INO2/c17-14(18,15(19,20)16(21,22)23)8-9(24)4-3-7-25-12(26)10-5-1-2-6-11(10)13(25)27/h1-2,5-6,8H,3-4,7H2. The summed E-state index contributed by atoms with van der Waals surface area (Å²) in [6.45, 7) is -0.187. The molecule has 0 radical (unpaired) electrons. The smallest absolute Gasteiger partial charge is 0.274 e. The van der Waals surface area contributed by atoms with Crippen molar-refractivity contribution in [2.45, 2.75) is 30.9 Å². The third-order valence-corrected chi connectivity index (χ3v) is 4.64. The van der Waals surface area contributed by atoms with E-state index in [4.69, 9.17) is 0 Å². The predicted octanol–water partition coefficient (Wildman–Crippen LogP) is 5.21. The van der Waals surface area contributed by atoms with Gasteiger partial charge in [0.15, 0.2) is 0 Å². The van der Waals surface area contributed by atoms with Crippen LogP contribution in [0.3, 0.4) is 0 Å². The van der Waals surface area contributed by atoms with E-state index in [0.29, 0.717) is 0 Å². The molecule has 0 saturated carbocycles. The average Bonchev–Trinajstić information content (AvgIpc) is 2.78. The molecule has 1 aromatic rings. The molecule has 3 nitrogen and oxygen atoms in total. The van der Waals surface area contributed by atoms with Crippen LogP contribution in [0.5, 0.6) is 0 Å². The van der Waals surface area contributed by atoms with Gasteiger partial charge in [-0.2, -0.15) is 30.7 Å². The molecule has 1 heterocycles. The van der Waals surface area contributed by atoms with Gasteiger partial charge in [0, 0.05) is 12.6 Å². The highest BCUT2D eigenvalue weighted by molar-refractivity contribution is 14.1. The predicted molar refractivity (Wildman–Crippen MR) is 89.1 cm³/mol. The van der Waals surface area contributed by atoms with Crippen molar-refractivity contribution >= 4 is 34.4 Å². The van der Waals surface area contributed by atoms with Gasteiger partial charge in [-0.15, -0.1) is 0 Å². The summed E-state index contributed by atoms with van der Waals surface area (Å²) in [5.74, 6) is -12.8. The van der Waals surface area contributed by atoms with Crippen molar-refractivity contribution in [3.63, 3.8) is 0 Å². The number of hydrogen-bond acceptors (Lipinski definition) is 2. The second kappa shape index (κ2) is 7.40. The van der Waals surface area contributed by atoms with Crippen molar-refractivity contribution in [3.8, 4) is 0 Å². The number of hydrogen-bond donors (Lipinski definition) is 0. The molecule has 0 fully saturated rings. The number of benzene rings is 1. The number of imide groups is 1. The summed E-state index contributed by atoms with van der Waals surface area (Å²) in [6, 6.07) is 6.00. The summed E-state index contributed by atoms with van der Waals surface area (Å²) in [5.41, 5.74) is 0.369. The summed E-state index contributed by atoms with van der Waals surface area (Å²) in [7, 11) is 0. The maximum atomic E-state index is 13.3. The first-order valence-corrected chi connectivity index (χ1v) is 8.52. The van der Waals surface area contributed by atoms with Gasteiger partial charge >= 0.3 is 18.0 Å². The summed E-state index contributed by atoms with van der Waals surface area (Å²) < 4.78 is 88.2. The minimum absolute atomic E-state index is 0.0755. The number of rotatable bonds is 6. The van der Waals surface area contributed by atoms with Crippen molar-refractivity contribution in [3.05, 3.63) is 45.0 Å². The van der Waals surface area contributed by atoms with E-state index in [1.165, 1.54) is 34.7 Å². The molecule has 0 unspecified atom stereocenters. The highest BCUT2D eigenvalue weighted by Crippen LogP contribution is 2.48. The largest absolute Gasteiger partial charge is 0.460 e. The quantitative estimate of drug-likeness (QED) is 0.300. The fourth-order valence-electron chi connectivity index (χ4n) is 2.40. The Hall–Kier alpha value is -1.66. The van der Waals surface area contributed by atoms with Crippen LogP contribution in [0.4, 0.5) is 30.7 Å². The van der Waals surface area contributed by atoms with Gasteiger partial charge in [-0.05, 0) is 51.1 Å². The molecular formula is C16H11F7INO2. The molecule has 2 amide bonds. The van der Waals surface area contributed by atoms with Gasteiger partial charge in [-0.25, -0.2) is 0 Å². The van der Waals surface area contributed by atoms with Crippen molar-refractivity contribution in [2.24, 2.45) is 0 Å². The Morgan fingerprint density at radius 1 is 0.963 bits per heavy atom. The van der Waals surface area contributed by atoms with Gasteiger partial charge in [0.05, 0.1) is 11.1 Å². The Labute approximate surface area is 162 Å². The Bertz CT molecular complexity index is 754. The number of alkyl halides is 7. The molecule has 0 saturated heterocycles. The molecule has 1 aliphatic heterocycles. The summed E-state index contributed by atoms with van der Waals surface area (Å²) in [4.78, 5) is 25.1. The lowest BCUT2D eigenvalue weighted by atomic mass is 10.1. The summed E-state index contributed by atoms with van der Waals surface area (Å²) in [5, 5.41) is 0. The zero-order valence-corrected chi connectivity index (χ0v) is 15.5. The topological polar surface area (TPSA) is 37.4 Å². The van der Waals surface area contributed by atoms with E-state index >= 15 is 0 Å². The monoisotopic (exact) mass is 509 g/mol. The normalized spacial score (nSPS) is 16.1. The van der Waals surface area contributed by atoms with Crippen LogP contribution in [0.1, 0.15) is 33.6 Å². The van der Waals surface area contributed by atoms with E-state index in [0.717, 1.165) is 4.90 Å². The average molecular weight is 509 g/mol. The van der Waals surface area contributed by atoms with E-state index in [2.05, 4.69) is 0 Å². The van der Waals surface area contributed by atoms with Gasteiger partial charge in [0.25, 0.3) is 11.8 Å². The second-order valence-electron chi connectivity index (χ2n) is 5.70. The fourth-order valence-corrected chi connectivity index (χ4v) is 3.17. The Kier molecular flexibility index (Phi) is 5.93. The molecule has 0 bridgehead atoms. The number of amides is 2. The van der Waals surface area contributed by atoms with Gasteiger partial charge < -0.3 is 0 Å². The van der Waals surface area contributed by atoms with Crippen LogP contribution in [0.25, 0.3) is 0 Å². The van der Waals surface area contributed by atoms with Gasteiger partial charge in [-0.3, -0.25) is 14.5 Å². The highest BCUT2D eigenvalue weighted by atomic mass is 127. The zero-order valence-electron chi connectivity index (χ0n) is 13.3. The van der Waals surface area contributed by atoms with Crippen LogP contribution in [0.15, 0.2) is 33.9 Å². The van der Waals surface area contributed by atoms with E-state index in [1.54, 1.807) is 12.1 Å². The van der Waals surface area contributed by atoms with Crippen LogP contribution in [0, 0.1) is 0 Å². The number of carbonyl (C=O) groups excluding carboxylic acids is 2. The first kappa shape index (κ1) is 21.6. The molecule has 1 aliphatic rings. The highest BCUT2D eigenvalue weighted by Gasteiger charge is 2.72. The van der Waals surface area contributed by atoms with Crippen LogP contribution in [-0.4, -0.2) is 41.3 Å². The van der Waals surface area contributed by atoms with Crippen LogP contribution >= 0.6 is 22.6 Å². The molecule has 0 aromatic heterocycles.